The van der Waals surface area contributed by atoms with Gasteiger partial charge in [-0.2, -0.15) is 5.10 Å². The van der Waals surface area contributed by atoms with Crippen molar-refractivity contribution in [3.05, 3.63) is 58.1 Å². The smallest absolute Gasteiger partial charge is 0.330 e. The van der Waals surface area contributed by atoms with Crippen LogP contribution in [0.15, 0.2) is 41.5 Å². The first kappa shape index (κ1) is 22.2. The van der Waals surface area contributed by atoms with Crippen LogP contribution in [0.3, 0.4) is 0 Å². The highest BCUT2D eigenvalue weighted by Gasteiger charge is 2.47. The maximum Gasteiger partial charge on any atom is 0.330 e. The molecule has 0 saturated carbocycles. The third-order valence-corrected chi connectivity index (χ3v) is 5.05. The molecule has 0 aliphatic carbocycles. The zero-order valence-corrected chi connectivity index (χ0v) is 17.4. The van der Waals surface area contributed by atoms with Gasteiger partial charge >= 0.3 is 11.8 Å². The fraction of sp³-hybridized carbons (Fsp3) is 0.200. The molecule has 3 rings (SSSR count). The Morgan fingerprint density at radius 2 is 1.94 bits per heavy atom. The van der Waals surface area contributed by atoms with Gasteiger partial charge in [0.2, 0.25) is 0 Å². The summed E-state index contributed by atoms with van der Waals surface area (Å²) in [6.45, 7) is 1.75. The van der Waals surface area contributed by atoms with E-state index in [2.05, 4.69) is 15.8 Å². The number of nitrogens with one attached hydrogen (secondary N) is 3. The van der Waals surface area contributed by atoms with Gasteiger partial charge in [0.05, 0.1) is 18.5 Å². The molecule has 0 bridgehead atoms. The number of aryl methyl sites for hydroxylation is 1. The normalized spacial score (nSPS) is 17.6. The number of nitrogens with two attached hydrogens (primary N) is 1. The molecule has 1 atom stereocenters. The number of ether oxygens (including phenoxy) is 1. The summed E-state index contributed by atoms with van der Waals surface area (Å²) in [5, 5.41) is 18.3. The van der Waals surface area contributed by atoms with Crippen LogP contribution >= 0.6 is 11.6 Å². The van der Waals surface area contributed by atoms with E-state index in [0.717, 1.165) is 0 Å². The topological polar surface area (TPSA) is 155 Å². The molecule has 6 N–H and O–H groups in total. The van der Waals surface area contributed by atoms with Crippen LogP contribution in [0, 0.1) is 6.92 Å². The number of halogens is 1. The predicted molar refractivity (Wildman–Crippen MR) is 113 cm³/mol. The Balaban J connectivity index is 2.03. The molecule has 1 heterocycles. The minimum atomic E-state index is -2.01. The molecule has 0 fully saturated rings. The van der Waals surface area contributed by atoms with Gasteiger partial charge < -0.3 is 15.2 Å². The Morgan fingerprint density at radius 3 is 2.55 bits per heavy atom. The number of hydrogen-bond acceptors (Lipinski definition) is 7. The molecule has 0 aromatic heterocycles. The van der Waals surface area contributed by atoms with Gasteiger partial charge in [-0.25, -0.2) is 11.3 Å². The number of aliphatic hydroxyl groups is 1. The largest absolute Gasteiger partial charge is 0.497 e. The number of hydrogen-bond donors (Lipinski definition) is 5. The van der Waals surface area contributed by atoms with Crippen molar-refractivity contribution in [3.8, 4) is 5.75 Å². The highest BCUT2D eigenvalue weighted by molar-refractivity contribution is 6.35. The zero-order valence-electron chi connectivity index (χ0n) is 16.7. The van der Waals surface area contributed by atoms with Crippen LogP contribution in [-0.4, -0.2) is 35.6 Å². The number of nitrogens with zero attached hydrogens (tertiary/aromatic N) is 1. The van der Waals surface area contributed by atoms with Crippen molar-refractivity contribution in [1.82, 2.24) is 10.9 Å². The Morgan fingerprint density at radius 1 is 1.26 bits per heavy atom. The summed E-state index contributed by atoms with van der Waals surface area (Å²) in [5.41, 5.74) is 3.78. The molecule has 0 radical (unpaired) electrons. The van der Waals surface area contributed by atoms with Gasteiger partial charge in [0.25, 0.3) is 5.91 Å². The minimum Gasteiger partial charge on any atom is -0.497 e. The highest BCUT2D eigenvalue weighted by atomic mass is 35.5. The highest BCUT2D eigenvalue weighted by Crippen LogP contribution is 2.42. The third kappa shape index (κ3) is 4.36. The monoisotopic (exact) mass is 445 g/mol. The second-order valence-corrected chi connectivity index (χ2v) is 7.27. The van der Waals surface area contributed by atoms with Gasteiger partial charge in [0, 0.05) is 17.0 Å². The first-order chi connectivity index (χ1) is 14.7. The number of rotatable bonds is 5. The Kier molecular flexibility index (Phi) is 6.25. The molecule has 1 aliphatic heterocycles. The number of fused-ring (bicyclic) bond motifs is 1. The number of carbonyl (C=O) groups is 3. The maximum absolute atomic E-state index is 12.7. The van der Waals surface area contributed by atoms with Crippen LogP contribution in [0.1, 0.15) is 23.1 Å². The van der Waals surface area contributed by atoms with Crippen molar-refractivity contribution in [2.45, 2.75) is 18.9 Å². The van der Waals surface area contributed by atoms with E-state index in [1.807, 2.05) is 0 Å². The summed E-state index contributed by atoms with van der Waals surface area (Å²) < 4.78 is 5.13. The average Bonchev–Trinajstić information content (AvgIpc) is 3.01. The van der Waals surface area contributed by atoms with Crippen LogP contribution in [0.5, 0.6) is 5.75 Å². The zero-order chi connectivity index (χ0) is 22.8. The summed E-state index contributed by atoms with van der Waals surface area (Å²) in [6.07, 6.45) is -0.317. The van der Waals surface area contributed by atoms with Crippen LogP contribution in [-0.2, 0) is 20.0 Å². The van der Waals surface area contributed by atoms with Gasteiger partial charge in [-0.1, -0.05) is 11.6 Å². The first-order valence-electron chi connectivity index (χ1n) is 9.06. The SMILES string of the molecule is COc1ccc(/C(C[C@@]2(O)C(=O)Nc3c(C)cc(Cl)cc32)=N/NC(=O)C(=O)NN)cc1. The Labute approximate surface area is 182 Å². The lowest BCUT2D eigenvalue weighted by molar-refractivity contribution is -0.139. The molecule has 2 aromatic carbocycles. The van der Waals surface area contributed by atoms with Crippen LogP contribution in [0.2, 0.25) is 5.02 Å². The summed E-state index contributed by atoms with van der Waals surface area (Å²) in [6, 6.07) is 9.71. The second kappa shape index (κ2) is 8.72. The number of hydrazine groups is 1. The molecule has 162 valence electrons. The van der Waals surface area contributed by atoms with E-state index in [1.54, 1.807) is 42.7 Å². The maximum atomic E-state index is 12.7. The number of amides is 3. The summed E-state index contributed by atoms with van der Waals surface area (Å²) in [7, 11) is 1.50. The van der Waals surface area contributed by atoms with E-state index in [9.17, 15) is 19.5 Å². The van der Waals surface area contributed by atoms with Crippen molar-refractivity contribution in [2.75, 3.05) is 12.4 Å². The van der Waals surface area contributed by atoms with Crippen molar-refractivity contribution >= 4 is 40.7 Å². The fourth-order valence-corrected chi connectivity index (χ4v) is 3.49. The standard InChI is InChI=1S/C20H20ClN5O5/c1-10-7-12(21)8-14-16(10)23-19(29)20(14,30)9-15(25-26-18(28)17(27)24-22)11-3-5-13(31-2)6-4-11/h3-8,30H,9,22H2,1-2H3,(H,23,29)(H,24,27)(H,26,28)/b25-15+/t20-/m0/s1. The lowest BCUT2D eigenvalue weighted by Gasteiger charge is -2.22. The molecule has 1 aliphatic rings. The number of methoxy groups -OCH3 is 1. The summed E-state index contributed by atoms with van der Waals surface area (Å²) in [4.78, 5) is 35.9. The van der Waals surface area contributed by atoms with Gasteiger partial charge in [-0.05, 0) is 54.4 Å². The van der Waals surface area contributed by atoms with Gasteiger partial charge in [-0.15, -0.1) is 0 Å². The molecular formula is C20H20ClN5O5. The summed E-state index contributed by atoms with van der Waals surface area (Å²) in [5.74, 6) is 2.63. The van der Waals surface area contributed by atoms with E-state index < -0.39 is 23.3 Å². The van der Waals surface area contributed by atoms with E-state index in [0.29, 0.717) is 27.6 Å². The number of hydrazone groups is 1. The van der Waals surface area contributed by atoms with Gasteiger partial charge in [-0.3, -0.25) is 19.8 Å². The van der Waals surface area contributed by atoms with E-state index in [1.165, 1.54) is 13.2 Å². The Bertz CT molecular complexity index is 1090. The molecule has 31 heavy (non-hydrogen) atoms. The molecule has 10 nitrogen and oxygen atoms in total. The van der Waals surface area contributed by atoms with Crippen molar-refractivity contribution in [3.63, 3.8) is 0 Å². The quantitative estimate of drug-likeness (QED) is 0.150. The van der Waals surface area contributed by atoms with Crippen molar-refractivity contribution in [2.24, 2.45) is 10.9 Å². The number of anilines is 1. The molecule has 0 unspecified atom stereocenters. The van der Waals surface area contributed by atoms with Crippen LogP contribution in [0.4, 0.5) is 5.69 Å². The van der Waals surface area contributed by atoms with Gasteiger partial charge in [0.15, 0.2) is 5.60 Å². The molecule has 3 amide bonds. The number of benzene rings is 2. The van der Waals surface area contributed by atoms with E-state index in [-0.39, 0.29) is 17.7 Å². The van der Waals surface area contributed by atoms with Crippen molar-refractivity contribution in [1.29, 1.82) is 0 Å². The molecule has 0 saturated heterocycles. The number of carbonyl (C=O) groups excluding carboxylic acids is 3. The average molecular weight is 446 g/mol. The van der Waals surface area contributed by atoms with E-state index >= 15 is 0 Å². The predicted octanol–water partition coefficient (Wildman–Crippen LogP) is 0.697. The summed E-state index contributed by atoms with van der Waals surface area (Å²) >= 11 is 6.14. The first-order valence-corrected chi connectivity index (χ1v) is 9.43. The lowest BCUT2D eigenvalue weighted by Crippen LogP contribution is -2.42. The van der Waals surface area contributed by atoms with E-state index in [4.69, 9.17) is 22.2 Å². The minimum absolute atomic E-state index is 0.129. The fourth-order valence-electron chi connectivity index (χ4n) is 3.22. The molecule has 0 spiro atoms. The van der Waals surface area contributed by atoms with Crippen molar-refractivity contribution < 1.29 is 24.2 Å². The van der Waals surface area contributed by atoms with Crippen LogP contribution < -0.4 is 26.7 Å². The molecule has 2 aromatic rings. The van der Waals surface area contributed by atoms with Gasteiger partial charge in [0.1, 0.15) is 5.75 Å². The lowest BCUT2D eigenvalue weighted by atomic mass is 9.87. The Hall–Kier alpha value is -3.47. The third-order valence-electron chi connectivity index (χ3n) is 4.84. The van der Waals surface area contributed by atoms with Crippen LogP contribution in [0.25, 0.3) is 0 Å². The molecular weight excluding hydrogens is 426 g/mol. The second-order valence-electron chi connectivity index (χ2n) is 6.84. The molecule has 11 heteroatoms.